The van der Waals surface area contributed by atoms with Gasteiger partial charge in [-0.25, -0.2) is 0 Å². The van der Waals surface area contributed by atoms with E-state index >= 15 is 0 Å². The largest absolute Gasteiger partial charge is 0.351 e. The van der Waals surface area contributed by atoms with E-state index in [1.54, 1.807) is 0 Å². The van der Waals surface area contributed by atoms with Gasteiger partial charge in [-0.05, 0) is 6.92 Å². The summed E-state index contributed by atoms with van der Waals surface area (Å²) in [4.78, 5) is 14.4. The van der Waals surface area contributed by atoms with Crippen molar-refractivity contribution < 1.29 is 9.90 Å². The third kappa shape index (κ3) is 1.91. The van der Waals surface area contributed by atoms with Crippen LogP contribution in [0.1, 0.15) is 17.4 Å². The molecule has 4 nitrogen and oxygen atoms in total. The molecule has 0 saturated carbocycles. The molecule has 1 rings (SSSR count). The fourth-order valence-electron chi connectivity index (χ4n) is 0.613. The fraction of sp³-hybridized carbons (Fsp3) is 0.333. The zero-order valence-corrected chi connectivity index (χ0v) is 6.77. The van der Waals surface area contributed by atoms with Crippen LogP contribution in [-0.2, 0) is 5.11 Å². The Morgan fingerprint density at radius 2 is 2.55 bits per heavy atom. The van der Waals surface area contributed by atoms with Crippen molar-refractivity contribution in [1.82, 2.24) is 10.3 Å². The van der Waals surface area contributed by atoms with Gasteiger partial charge in [-0.1, -0.05) is 11.3 Å². The summed E-state index contributed by atoms with van der Waals surface area (Å²) in [5.74, 6) is -0.286. The van der Waals surface area contributed by atoms with Gasteiger partial charge in [-0.3, -0.25) is 9.90 Å². The third-order valence-electron chi connectivity index (χ3n) is 1.05. The number of rotatable bonds is 2. The van der Waals surface area contributed by atoms with Crippen LogP contribution in [0.2, 0.25) is 0 Å². The Hall–Kier alpha value is -1.10. The standard InChI is InChI=1S/C6H7N2O2S/c1-2-7-5(9)4-3-11-6(10)8-4/h3H,2H2,1H3,(H,7,9). The van der Waals surface area contributed by atoms with Crippen LogP contribution in [0.4, 0.5) is 0 Å². The molecule has 1 aromatic heterocycles. The molecule has 0 spiro atoms. The molecule has 0 atom stereocenters. The second-order valence-corrected chi connectivity index (χ2v) is 2.68. The topological polar surface area (TPSA) is 61.9 Å². The zero-order valence-electron chi connectivity index (χ0n) is 5.96. The third-order valence-corrected chi connectivity index (χ3v) is 1.69. The second-order valence-electron chi connectivity index (χ2n) is 1.86. The summed E-state index contributed by atoms with van der Waals surface area (Å²) in [5.41, 5.74) is 0.210. The maximum absolute atomic E-state index is 11.0. The first-order chi connectivity index (χ1) is 5.24. The van der Waals surface area contributed by atoms with Crippen LogP contribution in [0, 0.1) is 0 Å². The van der Waals surface area contributed by atoms with E-state index in [0.717, 1.165) is 11.3 Å². The molecule has 59 valence electrons. The highest BCUT2D eigenvalue weighted by atomic mass is 32.1. The quantitative estimate of drug-likeness (QED) is 0.722. The summed E-state index contributed by atoms with van der Waals surface area (Å²) in [6.45, 7) is 2.35. The molecular weight excluding hydrogens is 164 g/mol. The summed E-state index contributed by atoms with van der Waals surface area (Å²) in [6.07, 6.45) is 0. The van der Waals surface area contributed by atoms with Crippen LogP contribution in [0.15, 0.2) is 5.38 Å². The SMILES string of the molecule is CCNC(=O)c1csc([O])n1. The normalized spacial score (nSPS) is 9.55. The van der Waals surface area contributed by atoms with E-state index in [1.165, 1.54) is 5.38 Å². The van der Waals surface area contributed by atoms with Gasteiger partial charge in [0.2, 0.25) is 0 Å². The maximum atomic E-state index is 11.0. The molecule has 0 aliphatic heterocycles. The van der Waals surface area contributed by atoms with Crippen LogP contribution >= 0.6 is 11.3 Å². The molecule has 0 aliphatic carbocycles. The number of carbonyl (C=O) groups excluding carboxylic acids is 1. The summed E-state index contributed by atoms with van der Waals surface area (Å²) >= 11 is 0.931. The molecule has 1 amide bonds. The molecule has 11 heavy (non-hydrogen) atoms. The molecule has 1 heterocycles. The van der Waals surface area contributed by atoms with Crippen molar-refractivity contribution in [3.8, 4) is 5.19 Å². The van der Waals surface area contributed by atoms with Crippen LogP contribution in [0.5, 0.6) is 5.19 Å². The predicted molar refractivity (Wildman–Crippen MR) is 40.3 cm³/mol. The van der Waals surface area contributed by atoms with Gasteiger partial charge in [-0.2, -0.15) is 4.98 Å². The van der Waals surface area contributed by atoms with Crippen molar-refractivity contribution in [1.29, 1.82) is 0 Å². The number of nitrogens with one attached hydrogen (secondary N) is 1. The minimum Gasteiger partial charge on any atom is -0.351 e. The lowest BCUT2D eigenvalue weighted by molar-refractivity contribution is 0.0950. The molecule has 1 N–H and O–H groups in total. The highest BCUT2D eigenvalue weighted by Crippen LogP contribution is 2.15. The van der Waals surface area contributed by atoms with Crippen LogP contribution in [0.25, 0.3) is 0 Å². The van der Waals surface area contributed by atoms with Crippen molar-refractivity contribution in [2.75, 3.05) is 6.54 Å². The Balaban J connectivity index is 2.69. The average Bonchev–Trinajstić information content (AvgIpc) is 2.36. The van der Waals surface area contributed by atoms with Crippen LogP contribution in [-0.4, -0.2) is 17.4 Å². The molecule has 5 heteroatoms. The van der Waals surface area contributed by atoms with E-state index in [0.29, 0.717) is 6.54 Å². The summed E-state index contributed by atoms with van der Waals surface area (Å²) < 4.78 is 0. The van der Waals surface area contributed by atoms with Gasteiger partial charge in [0.25, 0.3) is 5.91 Å². The first kappa shape index (κ1) is 8.00. The van der Waals surface area contributed by atoms with Gasteiger partial charge >= 0.3 is 5.19 Å². The van der Waals surface area contributed by atoms with E-state index < -0.39 is 0 Å². The monoisotopic (exact) mass is 171 g/mol. The molecule has 0 aromatic carbocycles. The maximum Gasteiger partial charge on any atom is 0.327 e. The fourth-order valence-corrected chi connectivity index (χ4v) is 1.14. The molecule has 0 bridgehead atoms. The molecule has 1 radical (unpaired) electrons. The Morgan fingerprint density at radius 1 is 1.82 bits per heavy atom. The van der Waals surface area contributed by atoms with Gasteiger partial charge in [0.1, 0.15) is 5.69 Å². The van der Waals surface area contributed by atoms with Crippen molar-refractivity contribution in [2.24, 2.45) is 0 Å². The number of amides is 1. The van der Waals surface area contributed by atoms with Crippen molar-refractivity contribution in [2.45, 2.75) is 6.92 Å². The minimum absolute atomic E-state index is 0.210. The molecule has 0 unspecified atom stereocenters. The number of carbonyl (C=O) groups is 1. The van der Waals surface area contributed by atoms with Crippen molar-refractivity contribution in [3.05, 3.63) is 11.1 Å². The van der Waals surface area contributed by atoms with Gasteiger partial charge in [0.15, 0.2) is 0 Å². The highest BCUT2D eigenvalue weighted by molar-refractivity contribution is 7.11. The Kier molecular flexibility index (Phi) is 2.43. The number of nitrogens with zero attached hydrogens (tertiary/aromatic N) is 1. The first-order valence-electron chi connectivity index (χ1n) is 3.14. The zero-order chi connectivity index (χ0) is 8.27. The first-order valence-corrected chi connectivity index (χ1v) is 4.02. The average molecular weight is 171 g/mol. The van der Waals surface area contributed by atoms with Crippen LogP contribution < -0.4 is 5.32 Å². The lowest BCUT2D eigenvalue weighted by Gasteiger charge is -1.94. The van der Waals surface area contributed by atoms with E-state index in [4.69, 9.17) is 0 Å². The number of hydrogen-bond donors (Lipinski definition) is 1. The van der Waals surface area contributed by atoms with E-state index in [-0.39, 0.29) is 16.8 Å². The van der Waals surface area contributed by atoms with Crippen molar-refractivity contribution in [3.63, 3.8) is 0 Å². The van der Waals surface area contributed by atoms with Crippen molar-refractivity contribution >= 4 is 17.2 Å². The summed E-state index contributed by atoms with van der Waals surface area (Å²) in [7, 11) is 0. The Bertz CT molecular complexity index is 259. The Labute approximate surface area is 67.9 Å². The number of hydrogen-bond acceptors (Lipinski definition) is 3. The number of thiazole rings is 1. The Morgan fingerprint density at radius 3 is 3.00 bits per heavy atom. The van der Waals surface area contributed by atoms with Gasteiger partial charge < -0.3 is 5.32 Å². The highest BCUT2D eigenvalue weighted by Gasteiger charge is 2.08. The van der Waals surface area contributed by atoms with Gasteiger partial charge in [0, 0.05) is 11.9 Å². The summed E-state index contributed by atoms with van der Waals surface area (Å²) in [6, 6.07) is 0. The second kappa shape index (κ2) is 3.34. The predicted octanol–water partition coefficient (Wildman–Crippen LogP) is 1.04. The van der Waals surface area contributed by atoms with Gasteiger partial charge in [0.05, 0.1) is 0 Å². The smallest absolute Gasteiger partial charge is 0.327 e. The lowest BCUT2D eigenvalue weighted by Crippen LogP contribution is -2.22. The molecular formula is C6H7N2O2S. The molecule has 0 fully saturated rings. The molecule has 1 aromatic rings. The van der Waals surface area contributed by atoms with E-state index in [2.05, 4.69) is 10.3 Å². The lowest BCUT2D eigenvalue weighted by atomic mass is 10.4. The van der Waals surface area contributed by atoms with E-state index in [1.807, 2.05) is 6.92 Å². The summed E-state index contributed by atoms with van der Waals surface area (Å²) in [5, 5.41) is 14.2. The van der Waals surface area contributed by atoms with E-state index in [9.17, 15) is 9.90 Å². The number of aromatic nitrogens is 1. The van der Waals surface area contributed by atoms with Crippen LogP contribution in [0.3, 0.4) is 0 Å². The van der Waals surface area contributed by atoms with Gasteiger partial charge in [-0.15, -0.1) is 0 Å². The molecule has 0 saturated heterocycles. The molecule has 0 aliphatic rings. The minimum atomic E-state index is -0.328.